The molecule has 9 heteroatoms. The fourth-order valence-electron chi connectivity index (χ4n) is 3.09. The molecule has 0 aliphatic rings. The van der Waals surface area contributed by atoms with Crippen molar-refractivity contribution in [3.05, 3.63) is 35.7 Å². The maximum absolute atomic E-state index is 5.70. The zero-order chi connectivity index (χ0) is 21.8. The van der Waals surface area contributed by atoms with Crippen LogP contribution >= 0.6 is 35.7 Å². The highest BCUT2D eigenvalue weighted by atomic mass is 127. The minimum absolute atomic E-state index is 0. The fraction of sp³-hybridized carbons (Fsp3) is 0.591. The molecule has 2 rings (SSSR count). The number of halogens is 1. The average molecular weight is 561 g/mol. The summed E-state index contributed by atoms with van der Waals surface area (Å²) in [6.45, 7) is 12.3. The van der Waals surface area contributed by atoms with E-state index >= 15 is 0 Å². The third kappa shape index (κ3) is 9.26. The number of nitrogens with one attached hydrogen (secondary N) is 2. The Hall–Kier alpha value is -1.49. The highest BCUT2D eigenvalue weighted by Gasteiger charge is 2.12. The van der Waals surface area contributed by atoms with Crippen LogP contribution in [0.25, 0.3) is 0 Å². The van der Waals surface area contributed by atoms with E-state index in [2.05, 4.69) is 58.5 Å². The molecular weight excluding hydrogens is 523 g/mol. The summed E-state index contributed by atoms with van der Waals surface area (Å²) in [5.41, 5.74) is 1.09. The van der Waals surface area contributed by atoms with E-state index in [0.29, 0.717) is 19.1 Å². The largest absolute Gasteiger partial charge is 0.494 e. The number of hydrogen-bond donors (Lipinski definition) is 2. The van der Waals surface area contributed by atoms with Crippen molar-refractivity contribution in [1.82, 2.24) is 25.4 Å². The number of ether oxygens (including phenoxy) is 1. The highest BCUT2D eigenvalue weighted by molar-refractivity contribution is 14.0. The lowest BCUT2D eigenvalue weighted by atomic mass is 10.2. The topological polar surface area (TPSA) is 76.4 Å². The average Bonchev–Trinajstić information content (AvgIpc) is 3.11. The van der Waals surface area contributed by atoms with E-state index in [1.54, 1.807) is 11.8 Å². The summed E-state index contributed by atoms with van der Waals surface area (Å²) in [5, 5.41) is 16.5. The second kappa shape index (κ2) is 15.3. The van der Waals surface area contributed by atoms with E-state index in [1.165, 1.54) is 0 Å². The van der Waals surface area contributed by atoms with Crippen molar-refractivity contribution in [3.8, 4) is 5.75 Å². The van der Waals surface area contributed by atoms with Gasteiger partial charge in [-0.2, -0.15) is 0 Å². The number of para-hydroxylation sites is 1. The Morgan fingerprint density at radius 1 is 1.19 bits per heavy atom. The molecule has 1 aromatic carbocycles. The maximum atomic E-state index is 5.70. The molecule has 0 fully saturated rings. The van der Waals surface area contributed by atoms with Crippen molar-refractivity contribution in [1.29, 1.82) is 0 Å². The van der Waals surface area contributed by atoms with Gasteiger partial charge in [-0.3, -0.25) is 0 Å². The van der Waals surface area contributed by atoms with Gasteiger partial charge in [0.2, 0.25) is 0 Å². The normalized spacial score (nSPS) is 11.4. The van der Waals surface area contributed by atoms with Gasteiger partial charge < -0.3 is 19.9 Å². The van der Waals surface area contributed by atoms with Crippen LogP contribution in [-0.2, 0) is 19.5 Å². The Labute approximate surface area is 208 Å². The molecule has 2 aromatic rings. The summed E-state index contributed by atoms with van der Waals surface area (Å²) >= 11 is 1.65. The zero-order valence-corrected chi connectivity index (χ0v) is 22.5. The minimum Gasteiger partial charge on any atom is -0.494 e. The number of aryl methyl sites for hydroxylation is 1. The number of nitrogens with zero attached hydrogens (tertiary/aromatic N) is 4. The number of aromatic nitrogens is 3. The van der Waals surface area contributed by atoms with Gasteiger partial charge in [0.05, 0.1) is 13.2 Å². The fourth-order valence-corrected chi connectivity index (χ4v) is 3.62. The molecule has 0 aliphatic carbocycles. The smallest absolute Gasteiger partial charge is 0.191 e. The molecular formula is C22H37IN6OS. The Morgan fingerprint density at radius 2 is 1.97 bits per heavy atom. The zero-order valence-electron chi connectivity index (χ0n) is 19.4. The van der Waals surface area contributed by atoms with Crippen molar-refractivity contribution in [3.63, 3.8) is 0 Å². The predicted molar refractivity (Wildman–Crippen MR) is 141 cm³/mol. The standard InChI is InChI=1S/C22H36N6OS.HI/c1-6-23-21(25-15-18-11-8-9-12-19(18)29-7-2)24-14-10-13-20-26-27-22(30-5)28(20)16-17(3)4;/h8-9,11-12,17H,6-7,10,13-16H2,1-5H3,(H2,23,24,25);1H. The third-order valence-electron chi connectivity index (χ3n) is 4.42. The van der Waals surface area contributed by atoms with Gasteiger partial charge in [-0.05, 0) is 38.5 Å². The van der Waals surface area contributed by atoms with Crippen molar-refractivity contribution >= 4 is 41.7 Å². The molecule has 0 amide bonds. The van der Waals surface area contributed by atoms with Crippen LogP contribution in [0.2, 0.25) is 0 Å². The first-order chi connectivity index (χ1) is 14.6. The summed E-state index contributed by atoms with van der Waals surface area (Å²) in [7, 11) is 0. The molecule has 0 radical (unpaired) electrons. The van der Waals surface area contributed by atoms with Crippen LogP contribution in [0.3, 0.4) is 0 Å². The molecule has 0 spiro atoms. The van der Waals surface area contributed by atoms with Gasteiger partial charge in [0.15, 0.2) is 11.1 Å². The quantitative estimate of drug-likeness (QED) is 0.132. The SMILES string of the molecule is CCNC(=NCc1ccccc1OCC)NCCCc1nnc(SC)n1CC(C)C.I. The molecule has 2 N–H and O–H groups in total. The van der Waals surface area contributed by atoms with Gasteiger partial charge in [0, 0.05) is 31.6 Å². The number of rotatable bonds is 12. The first-order valence-corrected chi connectivity index (χ1v) is 12.0. The van der Waals surface area contributed by atoms with Crippen molar-refractivity contribution in [2.75, 3.05) is 26.0 Å². The second-order valence-corrected chi connectivity index (χ2v) is 8.15. The summed E-state index contributed by atoms with van der Waals surface area (Å²) in [4.78, 5) is 4.72. The summed E-state index contributed by atoms with van der Waals surface area (Å²) < 4.78 is 7.95. The first-order valence-electron chi connectivity index (χ1n) is 10.8. The molecule has 174 valence electrons. The first kappa shape index (κ1) is 27.5. The van der Waals surface area contributed by atoms with E-state index in [1.807, 2.05) is 25.1 Å². The predicted octanol–water partition coefficient (Wildman–Crippen LogP) is 4.36. The molecule has 0 aliphatic heterocycles. The Balaban J connectivity index is 0.00000480. The van der Waals surface area contributed by atoms with E-state index in [9.17, 15) is 0 Å². The van der Waals surface area contributed by atoms with Crippen LogP contribution in [0.15, 0.2) is 34.4 Å². The maximum Gasteiger partial charge on any atom is 0.191 e. The summed E-state index contributed by atoms with van der Waals surface area (Å²) in [5.74, 6) is 3.34. The monoisotopic (exact) mass is 560 g/mol. The number of hydrogen-bond acceptors (Lipinski definition) is 5. The highest BCUT2D eigenvalue weighted by Crippen LogP contribution is 2.19. The van der Waals surface area contributed by atoms with Gasteiger partial charge in [0.25, 0.3) is 0 Å². The summed E-state index contributed by atoms with van der Waals surface area (Å²) in [6, 6.07) is 8.06. The van der Waals surface area contributed by atoms with Crippen LogP contribution in [0, 0.1) is 5.92 Å². The van der Waals surface area contributed by atoms with Crippen LogP contribution in [0.4, 0.5) is 0 Å². The lowest BCUT2D eigenvalue weighted by molar-refractivity contribution is 0.336. The van der Waals surface area contributed by atoms with Gasteiger partial charge in [-0.15, -0.1) is 34.2 Å². The Kier molecular flexibility index (Phi) is 13.6. The van der Waals surface area contributed by atoms with Crippen LogP contribution < -0.4 is 15.4 Å². The molecule has 7 nitrogen and oxygen atoms in total. The minimum atomic E-state index is 0. The molecule has 1 heterocycles. The van der Waals surface area contributed by atoms with Gasteiger partial charge in [-0.25, -0.2) is 4.99 Å². The Morgan fingerprint density at radius 3 is 2.65 bits per heavy atom. The van der Waals surface area contributed by atoms with Crippen LogP contribution in [0.5, 0.6) is 5.75 Å². The lowest BCUT2D eigenvalue weighted by Crippen LogP contribution is -2.38. The molecule has 0 unspecified atom stereocenters. The molecule has 0 saturated heterocycles. The van der Waals surface area contributed by atoms with Crippen LogP contribution in [0.1, 0.15) is 45.5 Å². The second-order valence-electron chi connectivity index (χ2n) is 7.37. The molecule has 31 heavy (non-hydrogen) atoms. The van der Waals surface area contributed by atoms with E-state index < -0.39 is 0 Å². The van der Waals surface area contributed by atoms with Gasteiger partial charge >= 0.3 is 0 Å². The van der Waals surface area contributed by atoms with Gasteiger partial charge in [0.1, 0.15) is 11.6 Å². The molecule has 0 saturated carbocycles. The van der Waals surface area contributed by atoms with E-state index in [-0.39, 0.29) is 24.0 Å². The number of thioether (sulfide) groups is 1. The molecule has 0 atom stereocenters. The number of guanidine groups is 1. The van der Waals surface area contributed by atoms with E-state index in [4.69, 9.17) is 9.73 Å². The Bertz CT molecular complexity index is 796. The number of benzene rings is 1. The van der Waals surface area contributed by atoms with Gasteiger partial charge in [-0.1, -0.05) is 43.8 Å². The lowest BCUT2D eigenvalue weighted by Gasteiger charge is -2.13. The van der Waals surface area contributed by atoms with Crippen LogP contribution in [-0.4, -0.2) is 46.7 Å². The molecule has 0 bridgehead atoms. The van der Waals surface area contributed by atoms with E-state index in [0.717, 1.165) is 60.7 Å². The summed E-state index contributed by atoms with van der Waals surface area (Å²) in [6.07, 6.45) is 3.90. The van der Waals surface area contributed by atoms with Crippen molar-refractivity contribution in [2.24, 2.45) is 10.9 Å². The van der Waals surface area contributed by atoms with Crippen molar-refractivity contribution in [2.45, 2.75) is 58.8 Å². The number of aliphatic imine (C=N–C) groups is 1. The third-order valence-corrected chi connectivity index (χ3v) is 5.08. The molecule has 1 aromatic heterocycles. The van der Waals surface area contributed by atoms with Crippen molar-refractivity contribution < 1.29 is 4.74 Å².